The molecule has 0 saturated heterocycles. The minimum absolute atomic E-state index is 0.0434. The molecule has 0 aliphatic carbocycles. The third-order valence-corrected chi connectivity index (χ3v) is 3.59. The van der Waals surface area contributed by atoms with Crippen LogP contribution in [0.3, 0.4) is 0 Å². The van der Waals surface area contributed by atoms with Crippen LogP contribution in [0.2, 0.25) is 5.02 Å². The van der Waals surface area contributed by atoms with Gasteiger partial charge in [0.1, 0.15) is 5.69 Å². The van der Waals surface area contributed by atoms with Crippen LogP contribution in [-0.2, 0) is 0 Å². The number of nitro benzene ring substituents is 1. The van der Waals surface area contributed by atoms with Gasteiger partial charge in [-0.1, -0.05) is 29.8 Å². The van der Waals surface area contributed by atoms with E-state index in [4.69, 9.17) is 11.6 Å². The second kappa shape index (κ2) is 5.61. The van der Waals surface area contributed by atoms with Crippen molar-refractivity contribution in [2.24, 2.45) is 0 Å². The summed E-state index contributed by atoms with van der Waals surface area (Å²) in [5.74, 6) is 0. The number of hydrogen-bond acceptors (Lipinski definition) is 6. The van der Waals surface area contributed by atoms with Gasteiger partial charge in [-0.05, 0) is 35.4 Å². The van der Waals surface area contributed by atoms with Crippen LogP contribution in [0, 0.1) is 10.1 Å². The molecular weight excluding hydrogens is 308 g/mol. The monoisotopic (exact) mass is 318 g/mol. The van der Waals surface area contributed by atoms with Crippen LogP contribution in [-0.4, -0.2) is 21.8 Å². The van der Waals surface area contributed by atoms with Crippen molar-refractivity contribution in [3.8, 4) is 0 Å². The number of nitrogens with zero attached hydrogens (tertiary/aromatic N) is 4. The number of fused-ring (bicyclic) bond motifs is 1. The number of rotatable bonds is 4. The second-order valence-corrected chi connectivity index (χ2v) is 4.93. The van der Waals surface area contributed by atoms with E-state index in [9.17, 15) is 10.1 Å². The molecule has 0 aliphatic heterocycles. The Morgan fingerprint density at radius 1 is 1.27 bits per heavy atom. The van der Waals surface area contributed by atoms with E-state index in [1.165, 1.54) is 6.07 Å². The van der Waals surface area contributed by atoms with E-state index in [0.29, 0.717) is 12.2 Å². The molecule has 112 valence electrons. The van der Waals surface area contributed by atoms with Crippen LogP contribution in [0.5, 0.6) is 0 Å². The van der Waals surface area contributed by atoms with E-state index in [-0.39, 0.29) is 21.7 Å². The number of hydrogen-bond donors (Lipinski definition) is 0. The minimum atomic E-state index is -0.496. The first-order valence-corrected chi connectivity index (χ1v) is 6.93. The molecule has 7 nitrogen and oxygen atoms in total. The third kappa shape index (κ3) is 2.25. The molecule has 0 radical (unpaired) electrons. The first kappa shape index (κ1) is 14.3. The van der Waals surface area contributed by atoms with Gasteiger partial charge in [0.2, 0.25) is 5.52 Å². The summed E-state index contributed by atoms with van der Waals surface area (Å²) in [6.45, 7) is 2.42. The number of para-hydroxylation sites is 1. The predicted octanol–water partition coefficient (Wildman–Crippen LogP) is 3.94. The number of halogens is 1. The van der Waals surface area contributed by atoms with Gasteiger partial charge in [-0.15, -0.1) is 0 Å². The topological polar surface area (TPSA) is 85.3 Å². The number of anilines is 2. The maximum absolute atomic E-state index is 11.5. The van der Waals surface area contributed by atoms with E-state index in [1.807, 2.05) is 37.3 Å². The molecule has 0 bridgehead atoms. The van der Waals surface area contributed by atoms with Crippen LogP contribution in [0.15, 0.2) is 41.0 Å². The van der Waals surface area contributed by atoms with Crippen molar-refractivity contribution >= 4 is 39.7 Å². The quantitative estimate of drug-likeness (QED) is 0.535. The van der Waals surface area contributed by atoms with E-state index in [0.717, 1.165) is 5.69 Å². The van der Waals surface area contributed by atoms with Crippen molar-refractivity contribution in [2.45, 2.75) is 6.92 Å². The normalized spacial score (nSPS) is 10.8. The molecule has 1 heterocycles. The van der Waals surface area contributed by atoms with Crippen LogP contribution < -0.4 is 4.90 Å². The highest BCUT2D eigenvalue weighted by atomic mass is 35.5. The van der Waals surface area contributed by atoms with Gasteiger partial charge >= 0.3 is 5.69 Å². The largest absolute Gasteiger partial charge is 0.336 e. The Morgan fingerprint density at radius 2 is 1.95 bits per heavy atom. The first-order chi connectivity index (χ1) is 10.6. The first-order valence-electron chi connectivity index (χ1n) is 6.55. The molecule has 3 aromatic rings. The van der Waals surface area contributed by atoms with Gasteiger partial charge in [-0.3, -0.25) is 10.1 Å². The molecule has 0 unspecified atom stereocenters. The molecule has 0 fully saturated rings. The highest BCUT2D eigenvalue weighted by Gasteiger charge is 2.28. The van der Waals surface area contributed by atoms with Crippen molar-refractivity contribution in [2.75, 3.05) is 11.4 Å². The molecule has 1 aromatic heterocycles. The van der Waals surface area contributed by atoms with Gasteiger partial charge in [0.25, 0.3) is 0 Å². The van der Waals surface area contributed by atoms with Crippen LogP contribution >= 0.6 is 11.6 Å². The molecule has 8 heteroatoms. The Balaban J connectivity index is 2.29. The summed E-state index contributed by atoms with van der Waals surface area (Å²) in [5, 5.41) is 19.0. The zero-order valence-electron chi connectivity index (χ0n) is 11.6. The average molecular weight is 319 g/mol. The predicted molar refractivity (Wildman–Crippen MR) is 82.6 cm³/mol. The van der Waals surface area contributed by atoms with Gasteiger partial charge in [-0.25, -0.2) is 4.63 Å². The van der Waals surface area contributed by atoms with E-state index < -0.39 is 4.92 Å². The molecule has 0 atom stereocenters. The standard InChI is InChI=1S/C14H11ClN4O3/c1-2-18(9-6-4-3-5-7-9)11-8-10(15)12-13(17-22-16-12)14(11)19(20)21/h3-8H,2H2,1H3. The third-order valence-electron chi connectivity index (χ3n) is 3.30. The summed E-state index contributed by atoms with van der Waals surface area (Å²) in [7, 11) is 0. The van der Waals surface area contributed by atoms with Crippen molar-refractivity contribution in [1.82, 2.24) is 10.3 Å². The van der Waals surface area contributed by atoms with Gasteiger partial charge in [0, 0.05) is 12.2 Å². The van der Waals surface area contributed by atoms with Crippen molar-refractivity contribution in [3.63, 3.8) is 0 Å². The molecule has 22 heavy (non-hydrogen) atoms. The number of aromatic nitrogens is 2. The Labute approximate surface area is 130 Å². The van der Waals surface area contributed by atoms with E-state index in [2.05, 4.69) is 14.9 Å². The lowest BCUT2D eigenvalue weighted by Gasteiger charge is -2.23. The Hall–Kier alpha value is -2.67. The molecule has 0 aliphatic rings. The highest BCUT2D eigenvalue weighted by Crippen LogP contribution is 2.41. The fourth-order valence-corrected chi connectivity index (χ4v) is 2.59. The van der Waals surface area contributed by atoms with Crippen molar-refractivity contribution in [3.05, 3.63) is 51.5 Å². The molecule has 0 amide bonds. The van der Waals surface area contributed by atoms with Gasteiger partial charge in [0.15, 0.2) is 5.52 Å². The zero-order valence-corrected chi connectivity index (χ0v) is 12.3. The van der Waals surface area contributed by atoms with Crippen LogP contribution in [0.25, 0.3) is 11.0 Å². The highest BCUT2D eigenvalue weighted by molar-refractivity contribution is 6.35. The Bertz CT molecular complexity index is 835. The summed E-state index contributed by atoms with van der Waals surface area (Å²) >= 11 is 6.16. The molecule has 0 spiro atoms. The summed E-state index contributed by atoms with van der Waals surface area (Å²) in [5.41, 5.74) is 1.22. The minimum Gasteiger partial charge on any atom is -0.336 e. The fraction of sp³-hybridized carbons (Fsp3) is 0.143. The van der Waals surface area contributed by atoms with E-state index in [1.54, 1.807) is 4.90 Å². The number of nitro groups is 1. The fourth-order valence-electron chi connectivity index (χ4n) is 2.36. The van der Waals surface area contributed by atoms with Gasteiger partial charge < -0.3 is 4.90 Å². The summed E-state index contributed by atoms with van der Waals surface area (Å²) < 4.78 is 4.60. The Morgan fingerprint density at radius 3 is 2.59 bits per heavy atom. The van der Waals surface area contributed by atoms with Gasteiger partial charge in [-0.2, -0.15) is 0 Å². The maximum Gasteiger partial charge on any atom is 0.324 e. The lowest BCUT2D eigenvalue weighted by Crippen LogP contribution is -2.17. The lowest BCUT2D eigenvalue weighted by atomic mass is 10.2. The van der Waals surface area contributed by atoms with E-state index >= 15 is 0 Å². The maximum atomic E-state index is 11.5. The molecule has 0 N–H and O–H groups in total. The smallest absolute Gasteiger partial charge is 0.324 e. The van der Waals surface area contributed by atoms with Gasteiger partial charge in [0.05, 0.1) is 9.95 Å². The van der Waals surface area contributed by atoms with Crippen molar-refractivity contribution in [1.29, 1.82) is 0 Å². The second-order valence-electron chi connectivity index (χ2n) is 4.52. The molecular formula is C14H11ClN4O3. The Kier molecular flexibility index (Phi) is 3.64. The summed E-state index contributed by atoms with van der Waals surface area (Å²) in [4.78, 5) is 12.8. The SMILES string of the molecule is CCN(c1ccccc1)c1cc(Cl)c2nonc2c1[N+](=O)[O-]. The van der Waals surface area contributed by atoms with Crippen molar-refractivity contribution < 1.29 is 9.55 Å². The van der Waals surface area contributed by atoms with Crippen LogP contribution in [0.4, 0.5) is 17.1 Å². The summed E-state index contributed by atoms with van der Waals surface area (Å²) in [6.07, 6.45) is 0. The molecule has 2 aromatic carbocycles. The lowest BCUT2D eigenvalue weighted by molar-refractivity contribution is -0.382. The molecule has 3 rings (SSSR count). The average Bonchev–Trinajstić information content (AvgIpc) is 2.98. The van der Waals surface area contributed by atoms with Crippen LogP contribution in [0.1, 0.15) is 6.92 Å². The zero-order chi connectivity index (χ0) is 15.7. The summed E-state index contributed by atoms with van der Waals surface area (Å²) in [6, 6.07) is 10.9. The molecule has 0 saturated carbocycles. The number of benzene rings is 2.